The van der Waals surface area contributed by atoms with E-state index in [2.05, 4.69) is 9.82 Å². The Bertz CT molecular complexity index is 761. The van der Waals surface area contributed by atoms with Crippen molar-refractivity contribution in [2.24, 2.45) is 7.05 Å². The first-order valence-electron chi connectivity index (χ1n) is 5.15. The summed E-state index contributed by atoms with van der Waals surface area (Å²) >= 11 is 0. The zero-order chi connectivity index (χ0) is 14.0. The summed E-state index contributed by atoms with van der Waals surface area (Å²) in [5.41, 5.74) is -0.517. The molecule has 0 spiro atoms. The molecule has 0 atom stereocenters. The van der Waals surface area contributed by atoms with Crippen molar-refractivity contribution in [3.8, 4) is 6.07 Å². The van der Waals surface area contributed by atoms with E-state index in [9.17, 15) is 12.8 Å². The molecule has 0 amide bonds. The molecular formula is C11H9FN4O2S. The number of benzene rings is 1. The third-order valence-electron chi connectivity index (χ3n) is 2.44. The van der Waals surface area contributed by atoms with Crippen LogP contribution in [0.2, 0.25) is 0 Å². The summed E-state index contributed by atoms with van der Waals surface area (Å²) in [4.78, 5) is -0.406. The molecule has 0 bridgehead atoms. The van der Waals surface area contributed by atoms with Gasteiger partial charge in [-0.05, 0) is 12.1 Å². The van der Waals surface area contributed by atoms with E-state index < -0.39 is 26.3 Å². The van der Waals surface area contributed by atoms with Gasteiger partial charge in [-0.2, -0.15) is 10.4 Å². The number of aromatic nitrogens is 2. The molecule has 98 valence electrons. The van der Waals surface area contributed by atoms with E-state index in [1.54, 1.807) is 13.1 Å². The maximum Gasteiger partial charge on any atom is 0.264 e. The Balaban J connectivity index is 2.50. The molecule has 1 heterocycles. The van der Waals surface area contributed by atoms with Crippen LogP contribution in [-0.2, 0) is 17.1 Å². The van der Waals surface area contributed by atoms with Gasteiger partial charge in [0.1, 0.15) is 28.2 Å². The Morgan fingerprint density at radius 2 is 2.16 bits per heavy atom. The summed E-state index contributed by atoms with van der Waals surface area (Å²) in [6, 6.07) is 6.42. The van der Waals surface area contributed by atoms with Crippen LogP contribution in [0.25, 0.3) is 0 Å². The van der Waals surface area contributed by atoms with Crippen molar-refractivity contribution in [3.63, 3.8) is 0 Å². The van der Waals surface area contributed by atoms with Crippen LogP contribution in [0.4, 0.5) is 10.2 Å². The molecule has 1 aromatic carbocycles. The number of halogens is 1. The lowest BCUT2D eigenvalue weighted by molar-refractivity contribution is 0.593. The summed E-state index contributed by atoms with van der Waals surface area (Å²) in [5, 5.41) is 12.6. The predicted octanol–water partition coefficient (Wildman–Crippen LogP) is 1.23. The molecule has 0 fully saturated rings. The van der Waals surface area contributed by atoms with Gasteiger partial charge in [-0.3, -0.25) is 9.40 Å². The molecular weight excluding hydrogens is 271 g/mol. The van der Waals surface area contributed by atoms with Crippen LogP contribution in [0, 0.1) is 17.1 Å². The van der Waals surface area contributed by atoms with E-state index in [1.165, 1.54) is 29.1 Å². The summed E-state index contributed by atoms with van der Waals surface area (Å²) < 4.78 is 41.2. The second kappa shape index (κ2) is 4.70. The van der Waals surface area contributed by atoms with Gasteiger partial charge in [-0.25, -0.2) is 12.8 Å². The van der Waals surface area contributed by atoms with Crippen molar-refractivity contribution < 1.29 is 12.8 Å². The lowest BCUT2D eigenvalue weighted by Gasteiger charge is -2.09. The highest BCUT2D eigenvalue weighted by Gasteiger charge is 2.22. The molecule has 0 saturated carbocycles. The molecule has 0 aliphatic carbocycles. The monoisotopic (exact) mass is 280 g/mol. The van der Waals surface area contributed by atoms with E-state index in [-0.39, 0.29) is 5.82 Å². The van der Waals surface area contributed by atoms with Gasteiger partial charge in [0, 0.05) is 13.1 Å². The van der Waals surface area contributed by atoms with E-state index >= 15 is 0 Å². The molecule has 2 rings (SSSR count). The highest BCUT2D eigenvalue weighted by atomic mass is 32.2. The molecule has 6 nitrogen and oxygen atoms in total. The predicted molar refractivity (Wildman–Crippen MR) is 65.1 cm³/mol. The first-order chi connectivity index (χ1) is 8.95. The Morgan fingerprint density at radius 3 is 2.74 bits per heavy atom. The molecule has 0 aliphatic rings. The number of aryl methyl sites for hydroxylation is 1. The number of hydrogen-bond donors (Lipinski definition) is 1. The first kappa shape index (κ1) is 13.0. The second-order valence-electron chi connectivity index (χ2n) is 3.67. The molecule has 8 heteroatoms. The zero-order valence-electron chi connectivity index (χ0n) is 9.83. The summed E-state index contributed by atoms with van der Waals surface area (Å²) in [5.74, 6) is -0.663. The lowest BCUT2D eigenvalue weighted by atomic mass is 10.2. The third-order valence-corrected chi connectivity index (χ3v) is 3.83. The SMILES string of the molecule is Cn1nccc1NS(=O)(=O)c1cccc(F)c1C#N. The molecule has 0 radical (unpaired) electrons. The van der Waals surface area contributed by atoms with Crippen LogP contribution in [0.3, 0.4) is 0 Å². The van der Waals surface area contributed by atoms with Crippen LogP contribution in [0.15, 0.2) is 35.4 Å². The minimum absolute atomic E-state index is 0.216. The summed E-state index contributed by atoms with van der Waals surface area (Å²) in [7, 11) is -2.49. The van der Waals surface area contributed by atoms with Gasteiger partial charge < -0.3 is 0 Å². The molecule has 2 aromatic rings. The van der Waals surface area contributed by atoms with Crippen molar-refractivity contribution >= 4 is 15.8 Å². The van der Waals surface area contributed by atoms with Crippen molar-refractivity contribution in [1.29, 1.82) is 5.26 Å². The van der Waals surface area contributed by atoms with Crippen molar-refractivity contribution in [2.45, 2.75) is 4.90 Å². The smallest absolute Gasteiger partial charge is 0.264 e. The van der Waals surface area contributed by atoms with E-state index in [0.717, 1.165) is 6.07 Å². The Labute approximate surface area is 109 Å². The van der Waals surface area contributed by atoms with Gasteiger partial charge in [0.05, 0.1) is 6.20 Å². The zero-order valence-corrected chi connectivity index (χ0v) is 10.6. The molecule has 19 heavy (non-hydrogen) atoms. The normalized spacial score (nSPS) is 11.0. The first-order valence-corrected chi connectivity index (χ1v) is 6.63. The molecule has 0 saturated heterocycles. The fraction of sp³-hybridized carbons (Fsp3) is 0.0909. The van der Waals surface area contributed by atoms with Crippen molar-refractivity contribution in [3.05, 3.63) is 41.8 Å². The van der Waals surface area contributed by atoms with Gasteiger partial charge in [-0.1, -0.05) is 6.07 Å². The number of rotatable bonds is 3. The quantitative estimate of drug-likeness (QED) is 0.916. The number of anilines is 1. The van der Waals surface area contributed by atoms with Gasteiger partial charge in [0.2, 0.25) is 0 Å². The van der Waals surface area contributed by atoms with Gasteiger partial charge in [0.25, 0.3) is 10.0 Å². The topological polar surface area (TPSA) is 87.8 Å². The highest BCUT2D eigenvalue weighted by Crippen LogP contribution is 2.20. The second-order valence-corrected chi connectivity index (χ2v) is 5.32. The van der Waals surface area contributed by atoms with Crippen molar-refractivity contribution in [2.75, 3.05) is 4.72 Å². The van der Waals surface area contributed by atoms with E-state index in [1.807, 2.05) is 0 Å². The number of nitrogens with zero attached hydrogens (tertiary/aromatic N) is 3. The highest BCUT2D eigenvalue weighted by molar-refractivity contribution is 7.92. The molecule has 1 aromatic heterocycles. The fourth-order valence-corrected chi connectivity index (χ4v) is 2.76. The Morgan fingerprint density at radius 1 is 1.42 bits per heavy atom. The van der Waals surface area contributed by atoms with Gasteiger partial charge >= 0.3 is 0 Å². The van der Waals surface area contributed by atoms with Crippen LogP contribution >= 0.6 is 0 Å². The van der Waals surface area contributed by atoms with Gasteiger partial charge in [-0.15, -0.1) is 0 Å². The Hall–Kier alpha value is -2.40. The number of sulfonamides is 1. The summed E-state index contributed by atoms with van der Waals surface area (Å²) in [6.07, 6.45) is 1.41. The average molecular weight is 280 g/mol. The lowest BCUT2D eigenvalue weighted by Crippen LogP contribution is -2.17. The van der Waals surface area contributed by atoms with Crippen molar-refractivity contribution in [1.82, 2.24) is 9.78 Å². The van der Waals surface area contributed by atoms with Crippen LogP contribution in [0.5, 0.6) is 0 Å². The number of hydrogen-bond acceptors (Lipinski definition) is 4. The van der Waals surface area contributed by atoms with Gasteiger partial charge in [0.15, 0.2) is 0 Å². The molecule has 0 aliphatic heterocycles. The summed E-state index contributed by atoms with van der Waals surface area (Å²) in [6.45, 7) is 0. The maximum atomic E-state index is 13.4. The maximum absolute atomic E-state index is 13.4. The van der Waals surface area contributed by atoms with E-state index in [4.69, 9.17) is 5.26 Å². The largest absolute Gasteiger partial charge is 0.264 e. The molecule has 0 unspecified atom stereocenters. The van der Waals surface area contributed by atoms with Crippen LogP contribution < -0.4 is 4.72 Å². The minimum Gasteiger partial charge on any atom is -0.264 e. The molecule has 1 N–H and O–H groups in total. The minimum atomic E-state index is -4.04. The fourth-order valence-electron chi connectivity index (χ4n) is 1.50. The standard InChI is InChI=1S/C11H9FN4O2S/c1-16-11(5-6-14-16)15-19(17,18)10-4-2-3-9(12)8(10)7-13/h2-6,15H,1H3. The number of nitriles is 1. The Kier molecular flexibility index (Phi) is 3.23. The average Bonchev–Trinajstić information content (AvgIpc) is 2.74. The third kappa shape index (κ3) is 2.41. The van der Waals surface area contributed by atoms with Crippen LogP contribution in [0.1, 0.15) is 5.56 Å². The van der Waals surface area contributed by atoms with Crippen LogP contribution in [-0.4, -0.2) is 18.2 Å². The van der Waals surface area contributed by atoms with E-state index in [0.29, 0.717) is 0 Å². The number of nitrogens with one attached hydrogen (secondary N) is 1.